The number of nitrogens with two attached hydrogens (primary N) is 1. The van der Waals surface area contributed by atoms with Gasteiger partial charge in [-0.05, 0) is 25.1 Å². The van der Waals surface area contributed by atoms with Crippen molar-refractivity contribution in [1.82, 2.24) is 5.32 Å². The molecule has 0 aliphatic rings. The highest BCUT2D eigenvalue weighted by atomic mass is 35.5. The average Bonchev–Trinajstić information content (AvgIpc) is 2.16. The minimum absolute atomic E-state index is 0.360. The summed E-state index contributed by atoms with van der Waals surface area (Å²) < 4.78 is 0. The van der Waals surface area contributed by atoms with Gasteiger partial charge in [0.25, 0.3) is 0 Å². The van der Waals surface area contributed by atoms with Gasteiger partial charge in [-0.3, -0.25) is 4.79 Å². The number of amides is 3. The Morgan fingerprint density at radius 1 is 1.44 bits per heavy atom. The van der Waals surface area contributed by atoms with Gasteiger partial charge in [0.15, 0.2) is 0 Å². The van der Waals surface area contributed by atoms with Gasteiger partial charge in [-0.2, -0.15) is 0 Å². The SMILES string of the molecule is CC(NC(N)=O)C(=O)Nc1cccc(Cl)c1. The third-order valence-electron chi connectivity index (χ3n) is 1.84. The van der Waals surface area contributed by atoms with Crippen LogP contribution in [0.3, 0.4) is 0 Å². The zero-order chi connectivity index (χ0) is 12.1. The quantitative estimate of drug-likeness (QED) is 0.746. The maximum Gasteiger partial charge on any atom is 0.312 e. The highest BCUT2D eigenvalue weighted by Gasteiger charge is 2.13. The molecule has 4 N–H and O–H groups in total. The number of halogens is 1. The van der Waals surface area contributed by atoms with Crippen LogP contribution in [0.5, 0.6) is 0 Å². The number of hydrogen-bond donors (Lipinski definition) is 3. The molecule has 0 aliphatic heterocycles. The second-order valence-corrected chi connectivity index (χ2v) is 3.67. The molecular weight excluding hydrogens is 230 g/mol. The van der Waals surface area contributed by atoms with Crippen molar-refractivity contribution in [3.05, 3.63) is 29.3 Å². The molecule has 86 valence electrons. The Hall–Kier alpha value is -1.75. The van der Waals surface area contributed by atoms with Crippen molar-refractivity contribution >= 4 is 29.2 Å². The number of carbonyl (C=O) groups excluding carboxylic acids is 2. The first-order valence-corrected chi connectivity index (χ1v) is 4.99. The zero-order valence-electron chi connectivity index (χ0n) is 8.66. The molecule has 6 heteroatoms. The van der Waals surface area contributed by atoms with Crippen LogP contribution in [0.25, 0.3) is 0 Å². The lowest BCUT2D eigenvalue weighted by Crippen LogP contribution is -2.44. The Morgan fingerprint density at radius 2 is 2.12 bits per heavy atom. The molecule has 0 aromatic heterocycles. The minimum atomic E-state index is -0.742. The number of carbonyl (C=O) groups is 2. The molecule has 0 spiro atoms. The Morgan fingerprint density at radius 3 is 2.69 bits per heavy atom. The van der Waals surface area contributed by atoms with E-state index >= 15 is 0 Å². The van der Waals surface area contributed by atoms with Crippen LogP contribution in [0.1, 0.15) is 6.92 Å². The molecule has 0 bridgehead atoms. The lowest BCUT2D eigenvalue weighted by Gasteiger charge is -2.12. The van der Waals surface area contributed by atoms with Gasteiger partial charge in [-0.25, -0.2) is 4.79 Å². The summed E-state index contributed by atoms with van der Waals surface area (Å²) in [5.74, 6) is -0.360. The van der Waals surface area contributed by atoms with Crippen LogP contribution in [-0.2, 0) is 4.79 Å². The molecule has 16 heavy (non-hydrogen) atoms. The third-order valence-corrected chi connectivity index (χ3v) is 2.08. The zero-order valence-corrected chi connectivity index (χ0v) is 9.41. The molecule has 1 atom stereocenters. The van der Waals surface area contributed by atoms with Gasteiger partial charge in [0.05, 0.1) is 0 Å². The topological polar surface area (TPSA) is 84.2 Å². The monoisotopic (exact) mass is 241 g/mol. The van der Waals surface area contributed by atoms with Gasteiger partial charge in [0.1, 0.15) is 6.04 Å². The van der Waals surface area contributed by atoms with Crippen molar-refractivity contribution in [2.45, 2.75) is 13.0 Å². The molecule has 0 saturated heterocycles. The lowest BCUT2D eigenvalue weighted by molar-refractivity contribution is -0.117. The van der Waals surface area contributed by atoms with Gasteiger partial charge < -0.3 is 16.4 Å². The van der Waals surface area contributed by atoms with Crippen LogP contribution < -0.4 is 16.4 Å². The van der Waals surface area contributed by atoms with Crippen LogP contribution >= 0.6 is 11.6 Å². The molecule has 3 amide bonds. The van der Waals surface area contributed by atoms with Gasteiger partial charge in [0.2, 0.25) is 5.91 Å². The number of urea groups is 1. The highest BCUT2D eigenvalue weighted by Crippen LogP contribution is 2.14. The van der Waals surface area contributed by atoms with E-state index in [2.05, 4.69) is 10.6 Å². The van der Waals surface area contributed by atoms with Crippen LogP contribution in [0, 0.1) is 0 Å². The van der Waals surface area contributed by atoms with Crippen molar-refractivity contribution in [3.8, 4) is 0 Å². The molecular formula is C10H12ClN3O2. The largest absolute Gasteiger partial charge is 0.352 e. The summed E-state index contributed by atoms with van der Waals surface area (Å²) in [7, 11) is 0. The number of anilines is 1. The molecule has 0 radical (unpaired) electrons. The Labute approximate surface area is 98.0 Å². The van der Waals surface area contributed by atoms with Crippen LogP contribution in [0.15, 0.2) is 24.3 Å². The van der Waals surface area contributed by atoms with Crippen LogP contribution in [-0.4, -0.2) is 18.0 Å². The fourth-order valence-electron chi connectivity index (χ4n) is 1.10. The standard InChI is InChI=1S/C10H12ClN3O2/c1-6(13-10(12)16)9(15)14-8-4-2-3-7(11)5-8/h2-6H,1H3,(H,14,15)(H3,12,13,16). The van der Waals surface area contributed by atoms with Crippen molar-refractivity contribution in [2.24, 2.45) is 5.73 Å². The highest BCUT2D eigenvalue weighted by molar-refractivity contribution is 6.30. The first kappa shape index (κ1) is 12.3. The van der Waals surface area contributed by atoms with E-state index in [0.717, 1.165) is 0 Å². The molecule has 0 heterocycles. The lowest BCUT2D eigenvalue weighted by atomic mass is 10.2. The maximum absolute atomic E-state index is 11.5. The molecule has 0 aliphatic carbocycles. The summed E-state index contributed by atoms with van der Waals surface area (Å²) in [5.41, 5.74) is 5.46. The van der Waals surface area contributed by atoms with Crippen LogP contribution in [0.2, 0.25) is 5.02 Å². The van der Waals surface area contributed by atoms with Gasteiger partial charge in [0, 0.05) is 10.7 Å². The second-order valence-electron chi connectivity index (χ2n) is 3.23. The smallest absolute Gasteiger partial charge is 0.312 e. The number of primary amides is 1. The third kappa shape index (κ3) is 3.78. The maximum atomic E-state index is 11.5. The summed E-state index contributed by atoms with van der Waals surface area (Å²) in [6, 6.07) is 5.27. The first-order chi connectivity index (χ1) is 7.49. The number of rotatable bonds is 3. The molecule has 5 nitrogen and oxygen atoms in total. The second kappa shape index (κ2) is 5.37. The molecule has 1 aromatic rings. The van der Waals surface area contributed by atoms with E-state index in [0.29, 0.717) is 10.7 Å². The predicted molar refractivity (Wildman–Crippen MR) is 62.3 cm³/mol. The first-order valence-electron chi connectivity index (χ1n) is 4.61. The summed E-state index contributed by atoms with van der Waals surface area (Å²) in [5, 5.41) is 5.39. The van der Waals surface area contributed by atoms with Gasteiger partial charge >= 0.3 is 6.03 Å². The van der Waals surface area contributed by atoms with E-state index in [1.54, 1.807) is 24.3 Å². The van der Waals surface area contributed by atoms with Crippen molar-refractivity contribution < 1.29 is 9.59 Å². The fourth-order valence-corrected chi connectivity index (χ4v) is 1.29. The number of benzene rings is 1. The molecule has 0 saturated carbocycles. The number of nitrogens with one attached hydrogen (secondary N) is 2. The average molecular weight is 242 g/mol. The van der Waals surface area contributed by atoms with Crippen molar-refractivity contribution in [1.29, 1.82) is 0 Å². The number of hydrogen-bond acceptors (Lipinski definition) is 2. The summed E-state index contributed by atoms with van der Waals surface area (Å²) in [6.45, 7) is 1.53. The summed E-state index contributed by atoms with van der Waals surface area (Å²) in [4.78, 5) is 22.1. The van der Waals surface area contributed by atoms with Crippen LogP contribution in [0.4, 0.5) is 10.5 Å². The van der Waals surface area contributed by atoms with Gasteiger partial charge in [-0.15, -0.1) is 0 Å². The molecule has 1 unspecified atom stereocenters. The molecule has 1 aromatic carbocycles. The van der Waals surface area contributed by atoms with E-state index in [-0.39, 0.29) is 5.91 Å². The van der Waals surface area contributed by atoms with E-state index in [9.17, 15) is 9.59 Å². The Kier molecular flexibility index (Phi) is 4.13. The fraction of sp³-hybridized carbons (Fsp3) is 0.200. The van der Waals surface area contributed by atoms with Gasteiger partial charge in [-0.1, -0.05) is 17.7 Å². The van der Waals surface area contributed by atoms with E-state index in [4.69, 9.17) is 17.3 Å². The van der Waals surface area contributed by atoms with E-state index < -0.39 is 12.1 Å². The van der Waals surface area contributed by atoms with E-state index in [1.807, 2.05) is 0 Å². The van der Waals surface area contributed by atoms with Crippen molar-refractivity contribution in [3.63, 3.8) is 0 Å². The molecule has 1 rings (SSSR count). The summed E-state index contributed by atoms with van der Waals surface area (Å²) >= 11 is 5.75. The summed E-state index contributed by atoms with van der Waals surface area (Å²) in [6.07, 6.45) is 0. The van der Waals surface area contributed by atoms with E-state index in [1.165, 1.54) is 6.92 Å². The minimum Gasteiger partial charge on any atom is -0.352 e. The molecule has 0 fully saturated rings. The Balaban J connectivity index is 2.60. The van der Waals surface area contributed by atoms with Crippen molar-refractivity contribution in [2.75, 3.05) is 5.32 Å². The predicted octanol–water partition coefficient (Wildman–Crippen LogP) is 1.34. The Bertz CT molecular complexity index is 409. The normalized spacial score (nSPS) is 11.6.